The van der Waals surface area contributed by atoms with Crippen LogP contribution in [0.3, 0.4) is 0 Å². The number of carbonyl (C=O) groups is 2. The highest BCUT2D eigenvalue weighted by Crippen LogP contribution is 2.27. The van der Waals surface area contributed by atoms with Gasteiger partial charge in [0.1, 0.15) is 0 Å². The van der Waals surface area contributed by atoms with Crippen LogP contribution in [0.5, 0.6) is 0 Å². The van der Waals surface area contributed by atoms with Crippen LogP contribution >= 0.6 is 11.8 Å². The number of carboxylic acid groups (broad SMARTS) is 1. The third kappa shape index (κ3) is 5.41. The van der Waals surface area contributed by atoms with Crippen molar-refractivity contribution in [2.75, 3.05) is 12.3 Å². The van der Waals surface area contributed by atoms with Crippen molar-refractivity contribution in [1.29, 1.82) is 0 Å². The summed E-state index contributed by atoms with van der Waals surface area (Å²) in [4.78, 5) is 26.7. The standard InChI is InChI=1S/C14H23N3O3S/c1-5-15-11(18)6-7-17-10(14(2,3)4)8-16-13(17)21-9-12(19)20/h8H,5-7,9H2,1-4H3,(H,15,18)(H,19,20). The second-order valence-electron chi connectivity index (χ2n) is 5.71. The fourth-order valence-electron chi connectivity index (χ4n) is 1.91. The van der Waals surface area contributed by atoms with Gasteiger partial charge >= 0.3 is 5.97 Å². The smallest absolute Gasteiger partial charge is 0.313 e. The summed E-state index contributed by atoms with van der Waals surface area (Å²) in [6.07, 6.45) is 2.12. The molecule has 2 N–H and O–H groups in total. The SMILES string of the molecule is CCNC(=O)CCn1c(C(C)(C)C)cnc1SCC(=O)O. The molecule has 21 heavy (non-hydrogen) atoms. The third-order valence-corrected chi connectivity index (χ3v) is 3.82. The predicted octanol–water partition coefficient (Wildman–Crippen LogP) is 1.88. The van der Waals surface area contributed by atoms with Crippen molar-refractivity contribution >= 4 is 23.6 Å². The van der Waals surface area contributed by atoms with Gasteiger partial charge in [0.2, 0.25) is 5.91 Å². The van der Waals surface area contributed by atoms with Crippen LogP contribution in [0.4, 0.5) is 0 Å². The van der Waals surface area contributed by atoms with Gasteiger partial charge in [0.15, 0.2) is 5.16 Å². The molecular weight excluding hydrogens is 290 g/mol. The third-order valence-electron chi connectivity index (χ3n) is 2.85. The maximum Gasteiger partial charge on any atom is 0.313 e. The van der Waals surface area contributed by atoms with E-state index >= 15 is 0 Å². The molecule has 1 aromatic rings. The zero-order valence-corrected chi connectivity index (χ0v) is 13.8. The summed E-state index contributed by atoms with van der Waals surface area (Å²) in [5.41, 5.74) is 0.885. The number of nitrogens with zero attached hydrogens (tertiary/aromatic N) is 2. The van der Waals surface area contributed by atoms with Crippen molar-refractivity contribution in [2.45, 2.75) is 51.2 Å². The van der Waals surface area contributed by atoms with Gasteiger partial charge in [-0.15, -0.1) is 0 Å². The molecule has 0 aromatic carbocycles. The maximum atomic E-state index is 11.6. The molecule has 0 fully saturated rings. The van der Waals surface area contributed by atoms with Crippen LogP contribution in [0.15, 0.2) is 11.4 Å². The predicted molar refractivity (Wildman–Crippen MR) is 82.6 cm³/mol. The Morgan fingerprint density at radius 2 is 2.10 bits per heavy atom. The number of carbonyl (C=O) groups excluding carboxylic acids is 1. The summed E-state index contributed by atoms with van der Waals surface area (Å²) < 4.78 is 1.95. The monoisotopic (exact) mass is 313 g/mol. The van der Waals surface area contributed by atoms with Crippen molar-refractivity contribution in [2.24, 2.45) is 0 Å². The minimum absolute atomic E-state index is 0.0137. The van der Waals surface area contributed by atoms with Crippen LogP contribution in [0.25, 0.3) is 0 Å². The van der Waals surface area contributed by atoms with Crippen LogP contribution < -0.4 is 5.32 Å². The normalized spacial score (nSPS) is 11.4. The van der Waals surface area contributed by atoms with Gasteiger partial charge in [0, 0.05) is 36.8 Å². The van der Waals surface area contributed by atoms with E-state index in [9.17, 15) is 9.59 Å². The molecular formula is C14H23N3O3S. The summed E-state index contributed by atoms with van der Waals surface area (Å²) in [5.74, 6) is -0.933. The second-order valence-corrected chi connectivity index (χ2v) is 6.66. The van der Waals surface area contributed by atoms with Gasteiger partial charge in [0.05, 0.1) is 5.75 Å². The number of nitrogens with one attached hydrogen (secondary N) is 1. The first-order valence-corrected chi connectivity index (χ1v) is 7.91. The Morgan fingerprint density at radius 1 is 1.43 bits per heavy atom. The van der Waals surface area contributed by atoms with Crippen molar-refractivity contribution in [3.8, 4) is 0 Å². The first-order valence-electron chi connectivity index (χ1n) is 6.93. The van der Waals surface area contributed by atoms with Gasteiger partial charge in [-0.05, 0) is 6.92 Å². The Labute approximate surface area is 129 Å². The second kappa shape index (κ2) is 7.49. The Morgan fingerprint density at radius 3 is 2.62 bits per heavy atom. The quantitative estimate of drug-likeness (QED) is 0.751. The van der Waals surface area contributed by atoms with E-state index in [4.69, 9.17) is 5.11 Å². The zero-order chi connectivity index (χ0) is 16.0. The molecule has 0 saturated carbocycles. The first-order chi connectivity index (χ1) is 9.75. The van der Waals surface area contributed by atoms with Gasteiger partial charge in [0.25, 0.3) is 0 Å². The highest BCUT2D eigenvalue weighted by Gasteiger charge is 2.22. The van der Waals surface area contributed by atoms with Gasteiger partial charge in [-0.1, -0.05) is 32.5 Å². The minimum Gasteiger partial charge on any atom is -0.481 e. The molecule has 0 aliphatic heterocycles. The Balaban J connectivity index is 2.91. The Kier molecular flexibility index (Phi) is 6.26. The topological polar surface area (TPSA) is 84.2 Å². The lowest BCUT2D eigenvalue weighted by molar-refractivity contribution is -0.134. The number of amides is 1. The fraction of sp³-hybridized carbons (Fsp3) is 0.643. The van der Waals surface area contributed by atoms with E-state index < -0.39 is 5.97 Å². The first kappa shape index (κ1) is 17.6. The van der Waals surface area contributed by atoms with E-state index in [0.29, 0.717) is 24.7 Å². The molecule has 0 saturated heterocycles. The molecule has 118 valence electrons. The molecule has 6 nitrogen and oxygen atoms in total. The Hall–Kier alpha value is -1.50. The molecule has 1 amide bonds. The molecule has 0 aliphatic carbocycles. The van der Waals surface area contributed by atoms with E-state index in [0.717, 1.165) is 5.69 Å². The lowest BCUT2D eigenvalue weighted by Crippen LogP contribution is -2.25. The molecule has 1 heterocycles. The number of carboxylic acids is 1. The van der Waals surface area contributed by atoms with Crippen molar-refractivity contribution in [1.82, 2.24) is 14.9 Å². The molecule has 0 spiro atoms. The van der Waals surface area contributed by atoms with Crippen LogP contribution in [0, 0.1) is 0 Å². The molecule has 0 radical (unpaired) electrons. The number of rotatable bonds is 7. The van der Waals surface area contributed by atoms with Crippen molar-refractivity contribution < 1.29 is 14.7 Å². The number of imidazole rings is 1. The van der Waals surface area contributed by atoms with Crippen molar-refractivity contribution in [3.63, 3.8) is 0 Å². The summed E-state index contributed by atoms with van der Waals surface area (Å²) in [5, 5.41) is 12.2. The van der Waals surface area contributed by atoms with E-state index in [1.807, 2.05) is 11.5 Å². The largest absolute Gasteiger partial charge is 0.481 e. The van der Waals surface area contributed by atoms with Crippen LogP contribution in [0.1, 0.15) is 39.8 Å². The average Bonchev–Trinajstić information content (AvgIpc) is 2.77. The fourth-order valence-corrected chi connectivity index (χ4v) is 2.64. The van der Waals surface area contributed by atoms with Crippen LogP contribution in [-0.2, 0) is 21.5 Å². The van der Waals surface area contributed by atoms with E-state index in [1.54, 1.807) is 6.20 Å². The van der Waals surface area contributed by atoms with Crippen molar-refractivity contribution in [3.05, 3.63) is 11.9 Å². The maximum absolute atomic E-state index is 11.6. The highest BCUT2D eigenvalue weighted by atomic mass is 32.2. The molecule has 7 heteroatoms. The molecule has 0 unspecified atom stereocenters. The molecule has 0 aliphatic rings. The number of hydrogen-bond acceptors (Lipinski definition) is 4. The lowest BCUT2D eigenvalue weighted by Gasteiger charge is -2.21. The summed E-state index contributed by atoms with van der Waals surface area (Å²) in [7, 11) is 0. The van der Waals surface area contributed by atoms with Crippen LogP contribution in [-0.4, -0.2) is 38.8 Å². The molecule has 0 bridgehead atoms. The number of aliphatic carboxylic acids is 1. The molecule has 1 rings (SSSR count). The number of hydrogen-bond donors (Lipinski definition) is 2. The minimum atomic E-state index is -0.879. The number of aromatic nitrogens is 2. The molecule has 0 atom stereocenters. The van der Waals surface area contributed by atoms with Gasteiger partial charge in [-0.2, -0.15) is 0 Å². The van der Waals surface area contributed by atoms with Crippen LogP contribution in [0.2, 0.25) is 0 Å². The Bertz CT molecular complexity index is 506. The summed E-state index contributed by atoms with van der Waals surface area (Å²) >= 11 is 1.18. The molecule has 1 aromatic heterocycles. The summed E-state index contributed by atoms with van der Waals surface area (Å²) in [6, 6.07) is 0. The zero-order valence-electron chi connectivity index (χ0n) is 13.0. The van der Waals surface area contributed by atoms with Gasteiger partial charge in [-0.25, -0.2) is 4.98 Å². The van der Waals surface area contributed by atoms with E-state index in [2.05, 4.69) is 31.1 Å². The lowest BCUT2D eigenvalue weighted by atomic mass is 9.92. The average molecular weight is 313 g/mol. The number of thioether (sulfide) groups is 1. The van der Waals surface area contributed by atoms with Gasteiger partial charge < -0.3 is 15.0 Å². The van der Waals surface area contributed by atoms with Gasteiger partial charge in [-0.3, -0.25) is 9.59 Å². The summed E-state index contributed by atoms with van der Waals surface area (Å²) in [6.45, 7) is 9.19. The van der Waals surface area contributed by atoms with E-state index in [-0.39, 0.29) is 17.1 Å². The highest BCUT2D eigenvalue weighted by molar-refractivity contribution is 7.99. The van der Waals surface area contributed by atoms with E-state index in [1.165, 1.54) is 11.8 Å².